The molecular weight excluding hydrogens is 432 g/mol. The molecule has 2 N–H and O–H groups in total. The molecule has 1 unspecified atom stereocenters. The summed E-state index contributed by atoms with van der Waals surface area (Å²) in [5.41, 5.74) is 4.61. The molecule has 1 aliphatic carbocycles. The van der Waals surface area contributed by atoms with Crippen molar-refractivity contribution in [1.29, 1.82) is 0 Å². The van der Waals surface area contributed by atoms with E-state index in [0.29, 0.717) is 25.8 Å². The lowest BCUT2D eigenvalue weighted by Gasteiger charge is -2.25. The molecule has 7 heteroatoms. The second-order valence-corrected chi connectivity index (χ2v) is 9.10. The summed E-state index contributed by atoms with van der Waals surface area (Å²) in [6.07, 6.45) is 3.10. The summed E-state index contributed by atoms with van der Waals surface area (Å²) in [7, 11) is 0. The first kappa shape index (κ1) is 23.8. The van der Waals surface area contributed by atoms with Crippen LogP contribution >= 0.6 is 0 Å². The topological polar surface area (TPSA) is 95.9 Å². The van der Waals surface area contributed by atoms with Gasteiger partial charge in [-0.05, 0) is 41.5 Å². The van der Waals surface area contributed by atoms with Crippen molar-refractivity contribution in [2.45, 2.75) is 63.5 Å². The smallest absolute Gasteiger partial charge is 0.407 e. The number of amides is 2. The minimum atomic E-state index is -0.972. The van der Waals surface area contributed by atoms with Gasteiger partial charge in [-0.15, -0.1) is 0 Å². The molecule has 1 fully saturated rings. The number of likely N-dealkylation sites (tertiary alicyclic amines) is 1. The van der Waals surface area contributed by atoms with Gasteiger partial charge >= 0.3 is 12.1 Å². The van der Waals surface area contributed by atoms with Gasteiger partial charge in [-0.3, -0.25) is 4.79 Å². The summed E-state index contributed by atoms with van der Waals surface area (Å²) in [6, 6.07) is 15.2. The third-order valence-electron chi connectivity index (χ3n) is 6.85. The molecule has 2 aliphatic rings. The molecule has 0 aromatic heterocycles. The van der Waals surface area contributed by atoms with Crippen LogP contribution < -0.4 is 5.32 Å². The molecule has 0 bridgehead atoms. The average Bonchev–Trinajstić information content (AvgIpc) is 3.45. The van der Waals surface area contributed by atoms with Crippen LogP contribution in [0.5, 0.6) is 0 Å². The Morgan fingerprint density at radius 2 is 1.74 bits per heavy atom. The van der Waals surface area contributed by atoms with Crippen LogP contribution in [0, 0.1) is 0 Å². The highest BCUT2D eigenvalue weighted by Crippen LogP contribution is 2.44. The van der Waals surface area contributed by atoms with Gasteiger partial charge in [0.05, 0.1) is 0 Å². The monoisotopic (exact) mass is 464 g/mol. The summed E-state index contributed by atoms with van der Waals surface area (Å²) < 4.78 is 5.65. The molecule has 2 aromatic carbocycles. The van der Waals surface area contributed by atoms with Crippen LogP contribution in [0.1, 0.15) is 62.5 Å². The quantitative estimate of drug-likeness (QED) is 0.568. The van der Waals surface area contributed by atoms with E-state index in [0.717, 1.165) is 35.1 Å². The molecule has 7 nitrogen and oxygen atoms in total. The van der Waals surface area contributed by atoms with Crippen molar-refractivity contribution >= 4 is 18.0 Å². The van der Waals surface area contributed by atoms with Crippen LogP contribution in [0.25, 0.3) is 11.1 Å². The van der Waals surface area contributed by atoms with Crippen molar-refractivity contribution in [2.24, 2.45) is 0 Å². The largest absolute Gasteiger partial charge is 0.480 e. The maximum absolute atomic E-state index is 12.8. The lowest BCUT2D eigenvalue weighted by molar-refractivity contribution is -0.148. The van der Waals surface area contributed by atoms with E-state index in [1.165, 1.54) is 4.90 Å². The Morgan fingerprint density at radius 1 is 1.09 bits per heavy atom. The molecule has 4 rings (SSSR count). The highest BCUT2D eigenvalue weighted by molar-refractivity contribution is 5.85. The Kier molecular flexibility index (Phi) is 7.50. The van der Waals surface area contributed by atoms with Gasteiger partial charge in [0.1, 0.15) is 12.6 Å². The molecule has 2 atom stereocenters. The maximum Gasteiger partial charge on any atom is 0.407 e. The van der Waals surface area contributed by atoms with Gasteiger partial charge in [-0.25, -0.2) is 9.59 Å². The van der Waals surface area contributed by atoms with E-state index in [1.807, 2.05) is 31.2 Å². The molecule has 1 saturated heterocycles. The van der Waals surface area contributed by atoms with Crippen LogP contribution in [0.4, 0.5) is 4.79 Å². The predicted octanol–water partition coefficient (Wildman–Crippen LogP) is 4.55. The Morgan fingerprint density at radius 3 is 2.35 bits per heavy atom. The van der Waals surface area contributed by atoms with Crippen LogP contribution in [-0.2, 0) is 14.3 Å². The van der Waals surface area contributed by atoms with Crippen molar-refractivity contribution in [3.05, 3.63) is 59.7 Å². The number of nitrogens with one attached hydrogen (secondary N) is 1. The first-order valence-corrected chi connectivity index (χ1v) is 12.1. The first-order chi connectivity index (χ1) is 16.5. The van der Waals surface area contributed by atoms with Crippen molar-refractivity contribution < 1.29 is 24.2 Å². The van der Waals surface area contributed by atoms with Crippen LogP contribution in [0.3, 0.4) is 0 Å². The number of hydrogen-bond acceptors (Lipinski definition) is 4. The number of benzene rings is 2. The fourth-order valence-electron chi connectivity index (χ4n) is 5.13. The number of carboxylic acids is 1. The number of carbonyl (C=O) groups is 3. The van der Waals surface area contributed by atoms with Crippen LogP contribution in [-0.4, -0.2) is 53.2 Å². The second-order valence-electron chi connectivity index (χ2n) is 9.10. The summed E-state index contributed by atoms with van der Waals surface area (Å²) in [6.45, 7) is 2.70. The fourth-order valence-corrected chi connectivity index (χ4v) is 5.13. The Hall–Kier alpha value is -3.35. The molecule has 1 heterocycles. The first-order valence-electron chi connectivity index (χ1n) is 12.1. The van der Waals surface area contributed by atoms with Gasteiger partial charge in [0.2, 0.25) is 5.91 Å². The van der Waals surface area contributed by atoms with Gasteiger partial charge < -0.3 is 20.1 Å². The van der Waals surface area contributed by atoms with E-state index in [9.17, 15) is 19.5 Å². The Labute approximate surface area is 200 Å². The Bertz CT molecular complexity index is 1010. The van der Waals surface area contributed by atoms with Crippen LogP contribution in [0.15, 0.2) is 48.5 Å². The van der Waals surface area contributed by atoms with Gasteiger partial charge in [-0.2, -0.15) is 0 Å². The molecule has 0 radical (unpaired) electrons. The number of fused-ring (bicyclic) bond motifs is 3. The van der Waals surface area contributed by atoms with Crippen molar-refractivity contribution in [1.82, 2.24) is 10.2 Å². The number of ether oxygens (including phenoxy) is 1. The van der Waals surface area contributed by atoms with Crippen LogP contribution in [0.2, 0.25) is 0 Å². The molecule has 0 saturated carbocycles. The standard InChI is InChI=1S/C27H32N2O5/c1-2-3-9-18(16-25(30)29-15-8-14-24(29)26(31)32)28-27(33)34-17-23-21-12-6-4-10-19(21)20-11-5-7-13-22(20)23/h4-7,10-13,18,23-24H,2-3,8-9,14-17H2,1H3,(H,28,33)(H,31,32)/t18-,24?/m0/s1. The normalized spacial score (nSPS) is 17.7. The summed E-state index contributed by atoms with van der Waals surface area (Å²) in [5, 5.41) is 12.2. The summed E-state index contributed by atoms with van der Waals surface area (Å²) >= 11 is 0. The van der Waals surface area contributed by atoms with Gasteiger partial charge in [0.15, 0.2) is 0 Å². The molecule has 0 spiro atoms. The minimum absolute atomic E-state index is 0.0326. The number of aliphatic carboxylic acids is 1. The molecule has 1 aliphatic heterocycles. The summed E-state index contributed by atoms with van der Waals surface area (Å²) in [4.78, 5) is 38.4. The van der Waals surface area contributed by atoms with Crippen molar-refractivity contribution in [2.75, 3.05) is 13.2 Å². The number of rotatable bonds is 9. The lowest BCUT2D eigenvalue weighted by atomic mass is 9.98. The number of unbranched alkanes of at least 4 members (excludes halogenated alkanes) is 1. The number of nitrogens with zero attached hydrogens (tertiary/aromatic N) is 1. The highest BCUT2D eigenvalue weighted by Gasteiger charge is 2.35. The molecule has 2 aromatic rings. The molecule has 180 valence electrons. The van der Waals surface area contributed by atoms with Gasteiger partial charge in [-0.1, -0.05) is 68.3 Å². The minimum Gasteiger partial charge on any atom is -0.480 e. The number of carboxylic acid groups (broad SMARTS) is 1. The SMILES string of the molecule is CCCC[C@@H](CC(=O)N1CCCC1C(=O)O)NC(=O)OCC1c2ccccc2-c2ccccc21. The average molecular weight is 465 g/mol. The fraction of sp³-hybridized carbons (Fsp3) is 0.444. The lowest BCUT2D eigenvalue weighted by Crippen LogP contribution is -2.45. The van der Waals surface area contributed by atoms with E-state index in [4.69, 9.17) is 4.74 Å². The number of hydrogen-bond donors (Lipinski definition) is 2. The van der Waals surface area contributed by atoms with E-state index in [-0.39, 0.29) is 24.9 Å². The zero-order valence-corrected chi connectivity index (χ0v) is 19.5. The van der Waals surface area contributed by atoms with E-state index < -0.39 is 24.1 Å². The third-order valence-corrected chi connectivity index (χ3v) is 6.85. The van der Waals surface area contributed by atoms with Gasteiger partial charge in [0.25, 0.3) is 0 Å². The number of alkyl carbamates (subject to hydrolysis) is 1. The molecule has 34 heavy (non-hydrogen) atoms. The zero-order chi connectivity index (χ0) is 24.1. The number of carbonyl (C=O) groups excluding carboxylic acids is 2. The van der Waals surface area contributed by atoms with E-state index in [1.54, 1.807) is 0 Å². The Balaban J connectivity index is 1.38. The molecular formula is C27H32N2O5. The predicted molar refractivity (Wildman–Crippen MR) is 129 cm³/mol. The van der Waals surface area contributed by atoms with E-state index >= 15 is 0 Å². The van der Waals surface area contributed by atoms with Crippen molar-refractivity contribution in [3.63, 3.8) is 0 Å². The zero-order valence-electron chi connectivity index (χ0n) is 19.5. The second kappa shape index (κ2) is 10.7. The van der Waals surface area contributed by atoms with Crippen molar-refractivity contribution in [3.8, 4) is 11.1 Å². The van der Waals surface area contributed by atoms with Gasteiger partial charge in [0, 0.05) is 24.9 Å². The molecule has 2 amide bonds. The third kappa shape index (κ3) is 5.08. The highest BCUT2D eigenvalue weighted by atomic mass is 16.5. The summed E-state index contributed by atoms with van der Waals surface area (Å²) in [5.74, 6) is -1.24. The maximum atomic E-state index is 12.8. The van der Waals surface area contributed by atoms with E-state index in [2.05, 4.69) is 29.6 Å².